The first-order valence-electron chi connectivity index (χ1n) is 15.5. The van der Waals surface area contributed by atoms with Gasteiger partial charge < -0.3 is 14.9 Å². The molecule has 0 aliphatic heterocycles. The molecule has 41 heavy (non-hydrogen) atoms. The van der Waals surface area contributed by atoms with Crippen molar-refractivity contribution in [2.24, 2.45) is 50.2 Å². The number of esters is 1. The molecule has 0 unspecified atom stereocenters. The van der Waals surface area contributed by atoms with Crippen molar-refractivity contribution in [2.45, 2.75) is 119 Å². The molecule has 5 aliphatic carbocycles. The van der Waals surface area contributed by atoms with Crippen LogP contribution in [0.1, 0.15) is 113 Å². The van der Waals surface area contributed by atoms with E-state index in [4.69, 9.17) is 9.84 Å². The molecule has 0 aromatic carbocycles. The van der Waals surface area contributed by atoms with Crippen LogP contribution in [0.15, 0.2) is 23.8 Å². The van der Waals surface area contributed by atoms with Crippen LogP contribution in [0.4, 0.5) is 0 Å². The van der Waals surface area contributed by atoms with E-state index >= 15 is 0 Å². The van der Waals surface area contributed by atoms with E-state index < -0.39 is 23.3 Å². The van der Waals surface area contributed by atoms with Gasteiger partial charge in [0.05, 0.1) is 5.41 Å². The molecule has 0 amide bonds. The summed E-state index contributed by atoms with van der Waals surface area (Å²) in [5.74, 6) is -1.14. The molecule has 0 aromatic rings. The van der Waals surface area contributed by atoms with Crippen LogP contribution < -0.4 is 29.6 Å². The molecule has 0 bridgehead atoms. The normalized spacial score (nSPS) is 46.5. The summed E-state index contributed by atoms with van der Waals surface area (Å²) in [7, 11) is 0. The SMILES string of the molecule is CC1(C)[C@@H](OC(=O)/C=C\C(=O)O)CC[C@]2(C)[C@H]3CC=C4[C@@H]5C[C@@](C)(C(=O)O)CC[C@]5(C)CC[C@@]4(C)[C@]3(C)CC[C@@H]12.[Na+]. The summed E-state index contributed by atoms with van der Waals surface area (Å²) in [4.78, 5) is 35.6. The molecule has 0 heterocycles. The Bertz CT molecular complexity index is 1170. The van der Waals surface area contributed by atoms with Gasteiger partial charge in [0.15, 0.2) is 0 Å². The summed E-state index contributed by atoms with van der Waals surface area (Å²) >= 11 is 0. The van der Waals surface area contributed by atoms with E-state index in [1.165, 1.54) is 6.42 Å². The summed E-state index contributed by atoms with van der Waals surface area (Å²) in [5.41, 5.74) is 1.16. The molecule has 4 fully saturated rings. The van der Waals surface area contributed by atoms with Crippen molar-refractivity contribution < 1.29 is 58.9 Å². The smallest absolute Gasteiger partial charge is 0.481 e. The fourth-order valence-corrected chi connectivity index (χ4v) is 11.1. The minimum atomic E-state index is -1.15. The fourth-order valence-electron chi connectivity index (χ4n) is 11.1. The molecule has 0 saturated heterocycles. The van der Waals surface area contributed by atoms with Crippen molar-refractivity contribution in [2.75, 3.05) is 0 Å². The number of ether oxygens (including phenoxy) is 1. The Hall–Kier alpha value is -1.11. The van der Waals surface area contributed by atoms with Crippen LogP contribution in [-0.2, 0) is 19.1 Å². The summed E-state index contributed by atoms with van der Waals surface area (Å²) in [5, 5.41) is 19.0. The van der Waals surface area contributed by atoms with Crippen LogP contribution in [0.3, 0.4) is 0 Å². The second-order valence-electron chi connectivity index (χ2n) is 16.0. The number of carbonyl (C=O) groups excluding carboxylic acids is 1. The Morgan fingerprint density at radius 3 is 2.15 bits per heavy atom. The minimum Gasteiger partial charge on any atom is -0.481 e. The Balaban J connectivity index is 0.00000387. The van der Waals surface area contributed by atoms with Gasteiger partial charge in [0.2, 0.25) is 0 Å². The summed E-state index contributed by atoms with van der Waals surface area (Å²) in [6, 6.07) is 0. The third kappa shape index (κ3) is 4.81. The van der Waals surface area contributed by atoms with Crippen molar-refractivity contribution in [3.63, 3.8) is 0 Å². The summed E-state index contributed by atoms with van der Waals surface area (Å²) in [6.07, 6.45) is 14.0. The molecule has 9 atom stereocenters. The van der Waals surface area contributed by atoms with Gasteiger partial charge in [0.25, 0.3) is 0 Å². The van der Waals surface area contributed by atoms with Crippen molar-refractivity contribution in [3.05, 3.63) is 23.8 Å². The fraction of sp³-hybridized carbons (Fsp3) is 0.794. The number of hydrogen-bond acceptors (Lipinski definition) is 4. The first kappa shape index (κ1) is 32.8. The van der Waals surface area contributed by atoms with Gasteiger partial charge in [0.1, 0.15) is 6.10 Å². The molecule has 5 rings (SSSR count). The predicted octanol–water partition coefficient (Wildman–Crippen LogP) is 4.43. The van der Waals surface area contributed by atoms with Crippen molar-refractivity contribution in [1.29, 1.82) is 0 Å². The molecule has 7 heteroatoms. The molecule has 0 radical (unpaired) electrons. The van der Waals surface area contributed by atoms with Gasteiger partial charge in [-0.3, -0.25) is 4.79 Å². The van der Waals surface area contributed by atoms with Gasteiger partial charge in [-0.1, -0.05) is 53.2 Å². The Morgan fingerprint density at radius 2 is 1.51 bits per heavy atom. The van der Waals surface area contributed by atoms with Crippen LogP contribution in [0.25, 0.3) is 0 Å². The number of rotatable bonds is 4. The molecular weight excluding hydrogens is 527 g/mol. The predicted molar refractivity (Wildman–Crippen MR) is 153 cm³/mol. The van der Waals surface area contributed by atoms with Crippen LogP contribution >= 0.6 is 0 Å². The van der Waals surface area contributed by atoms with Gasteiger partial charge >= 0.3 is 47.5 Å². The second-order valence-corrected chi connectivity index (χ2v) is 16.0. The zero-order valence-corrected chi connectivity index (χ0v) is 28.6. The maximum Gasteiger partial charge on any atom is 1.00 e. The molecule has 222 valence electrons. The zero-order valence-electron chi connectivity index (χ0n) is 26.6. The van der Waals surface area contributed by atoms with Crippen LogP contribution in [0.5, 0.6) is 0 Å². The van der Waals surface area contributed by atoms with Gasteiger partial charge in [-0.05, 0) is 111 Å². The van der Waals surface area contributed by atoms with Gasteiger partial charge in [-0.15, -0.1) is 0 Å². The molecule has 4 saturated carbocycles. The van der Waals surface area contributed by atoms with E-state index in [2.05, 4.69) is 47.6 Å². The third-order valence-corrected chi connectivity index (χ3v) is 13.9. The third-order valence-electron chi connectivity index (χ3n) is 13.9. The monoisotopic (exact) mass is 577 g/mol. The maximum absolute atomic E-state index is 12.4. The van der Waals surface area contributed by atoms with E-state index in [0.717, 1.165) is 69.9 Å². The number of aliphatic carboxylic acids is 2. The molecular formula is C34H50NaO6+. The number of hydrogen-bond donors (Lipinski definition) is 2. The van der Waals surface area contributed by atoms with Crippen LogP contribution in [-0.4, -0.2) is 34.2 Å². The van der Waals surface area contributed by atoms with Gasteiger partial charge in [0, 0.05) is 17.6 Å². The number of fused-ring (bicyclic) bond motifs is 7. The van der Waals surface area contributed by atoms with Gasteiger partial charge in [-0.2, -0.15) is 0 Å². The van der Waals surface area contributed by atoms with Crippen molar-refractivity contribution in [3.8, 4) is 0 Å². The van der Waals surface area contributed by atoms with E-state index in [0.29, 0.717) is 17.8 Å². The molecule has 2 N–H and O–H groups in total. The quantitative estimate of drug-likeness (QED) is 0.222. The number of allylic oxidation sites excluding steroid dienone is 2. The van der Waals surface area contributed by atoms with Gasteiger partial charge in [-0.25, -0.2) is 9.59 Å². The summed E-state index contributed by atoms with van der Waals surface area (Å²) in [6.45, 7) is 16.4. The van der Waals surface area contributed by atoms with Crippen LogP contribution in [0, 0.1) is 50.2 Å². The topological polar surface area (TPSA) is 101 Å². The Morgan fingerprint density at radius 1 is 0.854 bits per heavy atom. The minimum absolute atomic E-state index is 0. The largest absolute Gasteiger partial charge is 1.00 e. The Kier molecular flexibility index (Phi) is 8.41. The van der Waals surface area contributed by atoms with E-state index in [1.54, 1.807) is 5.57 Å². The number of carbonyl (C=O) groups is 3. The number of carboxylic acids is 2. The molecule has 5 aliphatic rings. The second kappa shape index (κ2) is 10.5. The van der Waals surface area contributed by atoms with E-state index in [-0.39, 0.29) is 62.7 Å². The standard InChI is InChI=1S/C34H50O6.Na/c1-29(2)23-12-15-34(7)24(32(23,5)14-13-25(29)40-27(37)11-10-26(35)36)9-8-21-22-20-31(4,28(38)39)17-16-30(22,3)18-19-33(21,34)6;/h8,10-11,22-25H,9,12-20H2,1-7H3,(H,35,36)(H,38,39);/q;+1/b11-10-;/t22-,23-,24+,25-,30+,31-,32-,33+,34+;/m0./s1. The van der Waals surface area contributed by atoms with Crippen molar-refractivity contribution in [1.82, 2.24) is 0 Å². The average Bonchev–Trinajstić information content (AvgIpc) is 2.86. The van der Waals surface area contributed by atoms with Crippen molar-refractivity contribution >= 4 is 17.9 Å². The zero-order chi connectivity index (χ0) is 29.5. The van der Waals surface area contributed by atoms with Crippen LogP contribution in [0.2, 0.25) is 0 Å². The van der Waals surface area contributed by atoms with E-state index in [1.807, 2.05) is 6.92 Å². The molecule has 0 aromatic heterocycles. The van der Waals surface area contributed by atoms with E-state index in [9.17, 15) is 19.5 Å². The average molecular weight is 578 g/mol. The maximum atomic E-state index is 12.4. The first-order valence-corrected chi connectivity index (χ1v) is 15.5. The Labute approximate surface area is 268 Å². The molecule has 0 spiro atoms. The molecule has 6 nitrogen and oxygen atoms in total. The number of carboxylic acid groups (broad SMARTS) is 2. The summed E-state index contributed by atoms with van der Waals surface area (Å²) < 4.78 is 5.88. The first-order chi connectivity index (χ1) is 18.4.